The van der Waals surface area contributed by atoms with E-state index in [0.29, 0.717) is 6.04 Å². The summed E-state index contributed by atoms with van der Waals surface area (Å²) in [6.45, 7) is 5.38. The lowest BCUT2D eigenvalue weighted by Crippen LogP contribution is -2.50. The molecule has 0 saturated carbocycles. The fourth-order valence-corrected chi connectivity index (χ4v) is 4.02. The molecule has 3 saturated heterocycles. The van der Waals surface area contributed by atoms with Crippen LogP contribution in [0.1, 0.15) is 18.6 Å². The van der Waals surface area contributed by atoms with Crippen LogP contribution >= 0.6 is 0 Å². The van der Waals surface area contributed by atoms with Crippen LogP contribution in [0.4, 0.5) is 0 Å². The Morgan fingerprint density at radius 3 is 2.83 bits per heavy atom. The highest BCUT2D eigenvalue weighted by molar-refractivity contribution is 5.81. The fourth-order valence-electron chi connectivity index (χ4n) is 4.02. The van der Waals surface area contributed by atoms with Gasteiger partial charge in [-0.2, -0.15) is 0 Å². The Kier molecular flexibility index (Phi) is 4.13. The number of furan rings is 1. The van der Waals surface area contributed by atoms with Crippen LogP contribution in [0.25, 0.3) is 0 Å². The van der Waals surface area contributed by atoms with Crippen molar-refractivity contribution in [2.75, 3.05) is 39.8 Å². The Morgan fingerprint density at radius 2 is 2.09 bits per heavy atom. The summed E-state index contributed by atoms with van der Waals surface area (Å²) in [5.74, 6) is 1.17. The molecule has 4 rings (SSSR count). The third kappa shape index (κ3) is 3.03. The molecule has 3 atom stereocenters. The molecule has 0 spiro atoms. The minimum Gasteiger partial charge on any atom is -0.468 e. The van der Waals surface area contributed by atoms with E-state index in [1.165, 1.54) is 0 Å². The molecule has 0 bridgehead atoms. The molecule has 3 aliphatic heterocycles. The molecule has 1 aromatic heterocycles. The minimum absolute atomic E-state index is 0.186. The van der Waals surface area contributed by atoms with Crippen molar-refractivity contribution >= 4 is 5.91 Å². The van der Waals surface area contributed by atoms with Gasteiger partial charge in [0.05, 0.1) is 18.9 Å². The van der Waals surface area contributed by atoms with Gasteiger partial charge in [-0.1, -0.05) is 0 Å². The first-order chi connectivity index (χ1) is 11.2. The van der Waals surface area contributed by atoms with E-state index in [1.807, 2.05) is 17.0 Å². The van der Waals surface area contributed by atoms with Crippen LogP contribution < -0.4 is 0 Å². The van der Waals surface area contributed by atoms with Crippen LogP contribution in [0.3, 0.4) is 0 Å². The summed E-state index contributed by atoms with van der Waals surface area (Å²) >= 11 is 0. The van der Waals surface area contributed by atoms with E-state index in [-0.39, 0.29) is 18.1 Å². The first kappa shape index (κ1) is 15.2. The van der Waals surface area contributed by atoms with Gasteiger partial charge in [-0.05, 0) is 25.6 Å². The van der Waals surface area contributed by atoms with Crippen LogP contribution in [-0.4, -0.2) is 78.6 Å². The lowest BCUT2D eigenvalue weighted by molar-refractivity contribution is -0.144. The number of likely N-dealkylation sites (N-methyl/N-ethyl adjacent to an activating group) is 1. The first-order valence-corrected chi connectivity index (χ1v) is 8.60. The molecule has 1 amide bonds. The molecule has 0 radical (unpaired) electrons. The van der Waals surface area contributed by atoms with Gasteiger partial charge in [0.1, 0.15) is 11.9 Å². The molecule has 3 aliphatic rings. The summed E-state index contributed by atoms with van der Waals surface area (Å²) in [6, 6.07) is 4.28. The Balaban J connectivity index is 1.36. The number of fused-ring (bicyclic) bond motifs is 1. The largest absolute Gasteiger partial charge is 0.468 e. The van der Waals surface area contributed by atoms with Gasteiger partial charge in [-0.15, -0.1) is 0 Å². The van der Waals surface area contributed by atoms with Crippen molar-refractivity contribution in [3.05, 3.63) is 24.2 Å². The number of amides is 1. The standard InChI is InChI=1S/C17H25N3O3/c1-18-6-8-19(9-7-18)17(21)16-11-14-15(23-16)4-5-20(14)12-13-3-2-10-22-13/h2-3,10,14-16H,4-9,11-12H2,1H3/t14-,15-,16+/m1/s1. The third-order valence-electron chi connectivity index (χ3n) is 5.42. The normalized spacial score (nSPS) is 32.4. The molecule has 0 N–H and O–H groups in total. The second kappa shape index (κ2) is 6.26. The van der Waals surface area contributed by atoms with Crippen LogP contribution in [0.2, 0.25) is 0 Å². The van der Waals surface area contributed by atoms with Gasteiger partial charge in [0.2, 0.25) is 0 Å². The van der Waals surface area contributed by atoms with Gasteiger partial charge in [-0.3, -0.25) is 9.69 Å². The van der Waals surface area contributed by atoms with E-state index in [9.17, 15) is 4.79 Å². The Labute approximate surface area is 137 Å². The van der Waals surface area contributed by atoms with Crippen LogP contribution in [0.15, 0.2) is 22.8 Å². The van der Waals surface area contributed by atoms with Gasteiger partial charge in [0.25, 0.3) is 5.91 Å². The van der Waals surface area contributed by atoms with Crippen LogP contribution in [0.5, 0.6) is 0 Å². The number of ether oxygens (including phenoxy) is 1. The topological polar surface area (TPSA) is 49.2 Å². The van der Waals surface area contributed by atoms with Crippen molar-refractivity contribution in [2.45, 2.75) is 37.6 Å². The summed E-state index contributed by atoms with van der Waals surface area (Å²) in [5.41, 5.74) is 0. The SMILES string of the molecule is CN1CCN(C(=O)[C@@H]2C[C@@H]3[C@@H](CCN3Cc3ccco3)O2)CC1. The molecule has 4 heterocycles. The maximum Gasteiger partial charge on any atom is 0.251 e. The van der Waals surface area contributed by atoms with Crippen molar-refractivity contribution in [1.29, 1.82) is 0 Å². The number of hydrogen-bond donors (Lipinski definition) is 0. The Morgan fingerprint density at radius 1 is 1.26 bits per heavy atom. The number of piperazine rings is 1. The summed E-state index contributed by atoms with van der Waals surface area (Å²) in [5, 5.41) is 0. The van der Waals surface area contributed by atoms with Crippen molar-refractivity contribution in [2.24, 2.45) is 0 Å². The van der Waals surface area contributed by atoms with E-state index in [0.717, 1.165) is 57.9 Å². The third-order valence-corrected chi connectivity index (χ3v) is 5.42. The lowest BCUT2D eigenvalue weighted by atomic mass is 10.1. The van der Waals surface area contributed by atoms with E-state index in [2.05, 4.69) is 16.8 Å². The van der Waals surface area contributed by atoms with Gasteiger partial charge >= 0.3 is 0 Å². The summed E-state index contributed by atoms with van der Waals surface area (Å²) < 4.78 is 11.6. The van der Waals surface area contributed by atoms with Gasteiger partial charge in [-0.25, -0.2) is 0 Å². The number of nitrogens with zero attached hydrogens (tertiary/aromatic N) is 3. The summed E-state index contributed by atoms with van der Waals surface area (Å²) in [4.78, 5) is 19.3. The highest BCUT2D eigenvalue weighted by Gasteiger charge is 2.46. The first-order valence-electron chi connectivity index (χ1n) is 8.60. The molecule has 3 fully saturated rings. The maximum absolute atomic E-state index is 12.7. The molecule has 126 valence electrons. The molecular weight excluding hydrogens is 294 g/mol. The van der Waals surface area contributed by atoms with E-state index in [1.54, 1.807) is 6.26 Å². The van der Waals surface area contributed by atoms with Crippen molar-refractivity contribution in [3.8, 4) is 0 Å². The molecule has 0 unspecified atom stereocenters. The van der Waals surface area contributed by atoms with E-state index >= 15 is 0 Å². The predicted molar refractivity (Wildman–Crippen MR) is 84.9 cm³/mol. The number of likely N-dealkylation sites (tertiary alicyclic amines) is 1. The smallest absolute Gasteiger partial charge is 0.251 e. The molecule has 23 heavy (non-hydrogen) atoms. The Hall–Kier alpha value is -1.37. The monoisotopic (exact) mass is 319 g/mol. The fraction of sp³-hybridized carbons (Fsp3) is 0.706. The Bertz CT molecular complexity index is 539. The quantitative estimate of drug-likeness (QED) is 0.824. The van der Waals surface area contributed by atoms with Gasteiger partial charge in [0, 0.05) is 45.2 Å². The van der Waals surface area contributed by atoms with E-state index < -0.39 is 0 Å². The average molecular weight is 319 g/mol. The van der Waals surface area contributed by atoms with Crippen molar-refractivity contribution in [3.63, 3.8) is 0 Å². The number of rotatable bonds is 3. The van der Waals surface area contributed by atoms with Crippen molar-refractivity contribution in [1.82, 2.24) is 14.7 Å². The highest BCUT2D eigenvalue weighted by atomic mass is 16.5. The second-order valence-corrected chi connectivity index (χ2v) is 6.93. The molecule has 0 aliphatic carbocycles. The molecule has 6 nitrogen and oxygen atoms in total. The zero-order chi connectivity index (χ0) is 15.8. The second-order valence-electron chi connectivity index (χ2n) is 6.93. The maximum atomic E-state index is 12.7. The number of hydrogen-bond acceptors (Lipinski definition) is 5. The van der Waals surface area contributed by atoms with Gasteiger partial charge < -0.3 is 19.0 Å². The number of carbonyl (C=O) groups is 1. The summed E-state index contributed by atoms with van der Waals surface area (Å²) in [7, 11) is 2.10. The lowest BCUT2D eigenvalue weighted by Gasteiger charge is -2.34. The van der Waals surface area contributed by atoms with Crippen LogP contribution in [0, 0.1) is 0 Å². The predicted octanol–water partition coefficient (Wildman–Crippen LogP) is 0.785. The van der Waals surface area contributed by atoms with Gasteiger partial charge in [0.15, 0.2) is 0 Å². The minimum atomic E-state index is -0.257. The molecule has 6 heteroatoms. The van der Waals surface area contributed by atoms with E-state index in [4.69, 9.17) is 9.15 Å². The molecule has 0 aromatic carbocycles. The zero-order valence-corrected chi connectivity index (χ0v) is 13.7. The molecular formula is C17H25N3O3. The zero-order valence-electron chi connectivity index (χ0n) is 13.7. The average Bonchev–Trinajstić information content (AvgIpc) is 3.26. The van der Waals surface area contributed by atoms with Crippen molar-refractivity contribution < 1.29 is 13.9 Å². The number of carbonyl (C=O) groups excluding carboxylic acids is 1. The molecule has 1 aromatic rings. The summed E-state index contributed by atoms with van der Waals surface area (Å²) in [6.07, 6.45) is 3.49. The highest BCUT2D eigenvalue weighted by Crippen LogP contribution is 2.34. The van der Waals surface area contributed by atoms with Crippen LogP contribution in [-0.2, 0) is 16.1 Å².